The van der Waals surface area contributed by atoms with Crippen molar-refractivity contribution >= 4 is 11.7 Å². The van der Waals surface area contributed by atoms with Gasteiger partial charge >= 0.3 is 0 Å². The fourth-order valence-corrected chi connectivity index (χ4v) is 4.97. The molecule has 0 bridgehead atoms. The molecule has 0 spiro atoms. The van der Waals surface area contributed by atoms with Gasteiger partial charge in [-0.15, -0.1) is 0 Å². The number of fused-ring (bicyclic) bond motifs is 1. The van der Waals surface area contributed by atoms with Crippen LogP contribution in [0.2, 0.25) is 0 Å². The van der Waals surface area contributed by atoms with Crippen LogP contribution in [0.15, 0.2) is 47.9 Å². The third-order valence-electron chi connectivity index (χ3n) is 6.87. The van der Waals surface area contributed by atoms with Crippen molar-refractivity contribution < 1.29 is 19.0 Å². The van der Waals surface area contributed by atoms with E-state index in [1.165, 1.54) is 17.5 Å². The Morgan fingerprint density at radius 1 is 0.941 bits per heavy atom. The first kappa shape index (κ1) is 22.0. The van der Waals surface area contributed by atoms with Crippen LogP contribution in [0.25, 0.3) is 0 Å². The van der Waals surface area contributed by atoms with Crippen molar-refractivity contribution in [3.05, 3.63) is 70.2 Å². The molecule has 2 aliphatic rings. The van der Waals surface area contributed by atoms with E-state index in [9.17, 15) is 4.79 Å². The maximum absolute atomic E-state index is 13.7. The van der Waals surface area contributed by atoms with E-state index in [4.69, 9.17) is 14.2 Å². The number of benzene rings is 2. The summed E-state index contributed by atoms with van der Waals surface area (Å²) < 4.78 is 18.3. The number of hydrogen-bond donors (Lipinski definition) is 1. The highest BCUT2D eigenvalue weighted by Gasteiger charge is 2.39. The van der Waals surface area contributed by atoms with E-state index in [-0.39, 0.29) is 17.7 Å². The molecule has 2 heterocycles. The summed E-state index contributed by atoms with van der Waals surface area (Å²) in [4.78, 5) is 18.1. The molecule has 1 aliphatic heterocycles. The number of hydrogen-bond acceptors (Lipinski definition) is 7. The zero-order valence-electron chi connectivity index (χ0n) is 20.0. The predicted octanol–water partition coefficient (Wildman–Crippen LogP) is 4.34. The topological polar surface area (TPSA) is 87.5 Å². The molecule has 8 heteroatoms. The van der Waals surface area contributed by atoms with Crippen LogP contribution in [-0.2, 0) is 4.79 Å². The largest absolute Gasteiger partial charge is 0.493 e. The number of anilines is 1. The van der Waals surface area contributed by atoms with E-state index in [0.29, 0.717) is 36.0 Å². The Bertz CT molecular complexity index is 1280. The molecule has 0 amide bonds. The lowest BCUT2D eigenvalue weighted by molar-refractivity contribution is -0.116. The average Bonchev–Trinajstić information content (AvgIpc) is 3.31. The lowest BCUT2D eigenvalue weighted by atomic mass is 9.77. The summed E-state index contributed by atoms with van der Waals surface area (Å²) in [6.45, 7) is 4.17. The van der Waals surface area contributed by atoms with Gasteiger partial charge in [0.15, 0.2) is 17.3 Å². The number of aromatic nitrogens is 3. The number of methoxy groups -OCH3 is 3. The number of ketones is 1. The molecule has 176 valence electrons. The smallest absolute Gasteiger partial charge is 0.226 e. The van der Waals surface area contributed by atoms with Crippen LogP contribution in [0.1, 0.15) is 47.1 Å². The van der Waals surface area contributed by atoms with Crippen LogP contribution in [0.4, 0.5) is 5.95 Å². The monoisotopic (exact) mass is 460 g/mol. The molecule has 0 unspecified atom stereocenters. The summed E-state index contributed by atoms with van der Waals surface area (Å²) >= 11 is 0. The van der Waals surface area contributed by atoms with Crippen LogP contribution in [0, 0.1) is 13.8 Å². The molecule has 0 saturated heterocycles. The Balaban J connectivity index is 1.58. The molecule has 1 aliphatic carbocycles. The molecule has 8 nitrogen and oxygen atoms in total. The fourth-order valence-electron chi connectivity index (χ4n) is 4.97. The number of carbonyl (C=O) groups is 1. The Hall–Kier alpha value is -3.81. The lowest BCUT2D eigenvalue weighted by Gasteiger charge is -2.35. The van der Waals surface area contributed by atoms with Crippen molar-refractivity contribution in [2.24, 2.45) is 0 Å². The predicted molar refractivity (Wildman–Crippen MR) is 128 cm³/mol. The minimum atomic E-state index is -0.304. The molecule has 3 aromatic rings. The fraction of sp³-hybridized carbons (Fsp3) is 0.346. The molecule has 2 atom stereocenters. The van der Waals surface area contributed by atoms with Crippen molar-refractivity contribution in [2.45, 2.75) is 38.6 Å². The maximum atomic E-state index is 13.7. The summed E-state index contributed by atoms with van der Waals surface area (Å²) in [6.07, 6.45) is 2.56. The second-order valence-electron chi connectivity index (χ2n) is 8.78. The molecule has 0 radical (unpaired) electrons. The number of aryl methyl sites for hydroxylation is 2. The third kappa shape index (κ3) is 3.50. The van der Waals surface area contributed by atoms with Crippen LogP contribution >= 0.6 is 0 Å². The Morgan fingerprint density at radius 2 is 1.68 bits per heavy atom. The van der Waals surface area contributed by atoms with Gasteiger partial charge in [-0.1, -0.05) is 18.2 Å². The van der Waals surface area contributed by atoms with Crippen LogP contribution in [0.5, 0.6) is 17.2 Å². The SMILES string of the molecule is COc1cc([C@@H]2CC(=O)C3=C(C2)Nc2ncnn2[C@@H]3c2ccc(C)c(C)c2)cc(OC)c1OC. The minimum Gasteiger partial charge on any atom is -0.493 e. The second-order valence-corrected chi connectivity index (χ2v) is 8.78. The lowest BCUT2D eigenvalue weighted by Crippen LogP contribution is -2.33. The second kappa shape index (κ2) is 8.52. The molecule has 1 N–H and O–H groups in total. The Morgan fingerprint density at radius 3 is 2.32 bits per heavy atom. The molecule has 1 aromatic heterocycles. The average molecular weight is 461 g/mol. The molecule has 2 aromatic carbocycles. The van der Waals surface area contributed by atoms with Crippen LogP contribution in [-0.4, -0.2) is 41.9 Å². The summed E-state index contributed by atoms with van der Waals surface area (Å²) in [6, 6.07) is 9.86. The molecule has 5 rings (SSSR count). The van der Waals surface area contributed by atoms with Gasteiger partial charge in [-0.25, -0.2) is 4.68 Å². The Labute approximate surface area is 198 Å². The standard InChI is InChI=1S/C26H28N4O4/c1-14-6-7-16(8-15(14)2)24-23-19(29-26-27-13-28-30(24)26)9-17(10-20(23)31)18-11-21(32-3)25(34-5)22(12-18)33-4/h6-8,11-13,17,24H,9-10H2,1-5H3,(H,27,28,29)/t17-,24+/m0/s1. The van der Waals surface area contributed by atoms with Gasteiger partial charge in [0.2, 0.25) is 11.7 Å². The third-order valence-corrected chi connectivity index (χ3v) is 6.87. The quantitative estimate of drug-likeness (QED) is 0.606. The summed E-state index contributed by atoms with van der Waals surface area (Å²) in [5.41, 5.74) is 6.03. The van der Waals surface area contributed by atoms with E-state index in [1.54, 1.807) is 26.0 Å². The molecular weight excluding hydrogens is 432 g/mol. The summed E-state index contributed by atoms with van der Waals surface area (Å²) in [5.74, 6) is 2.39. The van der Waals surface area contributed by atoms with E-state index in [2.05, 4.69) is 47.4 Å². The van der Waals surface area contributed by atoms with Gasteiger partial charge in [-0.05, 0) is 60.6 Å². The minimum absolute atomic E-state index is 0.0395. The van der Waals surface area contributed by atoms with E-state index in [0.717, 1.165) is 22.4 Å². The highest BCUT2D eigenvalue weighted by atomic mass is 16.5. The molecule has 34 heavy (non-hydrogen) atoms. The van der Waals surface area contributed by atoms with Crippen molar-refractivity contribution in [3.8, 4) is 17.2 Å². The Kier molecular flexibility index (Phi) is 5.51. The van der Waals surface area contributed by atoms with Gasteiger partial charge in [-0.2, -0.15) is 10.1 Å². The van der Waals surface area contributed by atoms with Crippen LogP contribution in [0.3, 0.4) is 0 Å². The normalized spacial score (nSPS) is 19.3. The number of carbonyl (C=O) groups excluding carboxylic acids is 1. The molecule has 0 fully saturated rings. The number of Topliss-reactive ketones (excluding diaryl/α,β-unsaturated/α-hetero) is 1. The summed E-state index contributed by atoms with van der Waals surface area (Å²) in [7, 11) is 4.77. The molecule has 0 saturated carbocycles. The van der Waals surface area contributed by atoms with Crippen molar-refractivity contribution in [1.29, 1.82) is 0 Å². The first-order chi connectivity index (χ1) is 16.4. The van der Waals surface area contributed by atoms with Gasteiger partial charge < -0.3 is 19.5 Å². The maximum Gasteiger partial charge on any atom is 0.226 e. The number of nitrogens with zero attached hydrogens (tertiary/aromatic N) is 3. The number of ether oxygens (including phenoxy) is 3. The number of allylic oxidation sites excluding steroid dienone is 2. The van der Waals surface area contributed by atoms with E-state index >= 15 is 0 Å². The first-order valence-electron chi connectivity index (χ1n) is 11.2. The van der Waals surface area contributed by atoms with Gasteiger partial charge in [0.25, 0.3) is 0 Å². The van der Waals surface area contributed by atoms with Gasteiger partial charge in [0.1, 0.15) is 12.4 Å². The highest BCUT2D eigenvalue weighted by Crippen LogP contribution is 2.47. The van der Waals surface area contributed by atoms with Crippen LogP contribution < -0.4 is 19.5 Å². The van der Waals surface area contributed by atoms with Gasteiger partial charge in [0, 0.05) is 17.7 Å². The van der Waals surface area contributed by atoms with E-state index < -0.39 is 0 Å². The highest BCUT2D eigenvalue weighted by molar-refractivity contribution is 6.00. The number of rotatable bonds is 5. The van der Waals surface area contributed by atoms with Gasteiger partial charge in [-0.3, -0.25) is 4.79 Å². The van der Waals surface area contributed by atoms with Crippen molar-refractivity contribution in [2.75, 3.05) is 26.6 Å². The number of nitrogens with one attached hydrogen (secondary N) is 1. The zero-order valence-corrected chi connectivity index (χ0v) is 20.0. The van der Waals surface area contributed by atoms with Gasteiger partial charge in [0.05, 0.1) is 21.3 Å². The van der Waals surface area contributed by atoms with E-state index in [1.807, 2.05) is 12.1 Å². The van der Waals surface area contributed by atoms with Crippen molar-refractivity contribution in [3.63, 3.8) is 0 Å². The zero-order chi connectivity index (χ0) is 24.0. The van der Waals surface area contributed by atoms with Crippen molar-refractivity contribution in [1.82, 2.24) is 14.8 Å². The molecular formula is C26H28N4O4. The first-order valence-corrected chi connectivity index (χ1v) is 11.2. The summed E-state index contributed by atoms with van der Waals surface area (Å²) in [5, 5.41) is 7.82.